The van der Waals surface area contributed by atoms with Crippen LogP contribution in [0.25, 0.3) is 6.08 Å². The minimum absolute atomic E-state index is 0.150. The molecule has 10 heteroatoms. The number of esters is 1. The van der Waals surface area contributed by atoms with E-state index in [0.29, 0.717) is 17.1 Å². The summed E-state index contributed by atoms with van der Waals surface area (Å²) in [5.41, 5.74) is 0.794. The smallest absolute Gasteiger partial charge is 0.331 e. The number of ether oxygens (including phenoxy) is 3. The van der Waals surface area contributed by atoms with Crippen molar-refractivity contribution < 1.29 is 32.2 Å². The Bertz CT molecular complexity index is 1030. The fourth-order valence-corrected chi connectivity index (χ4v) is 2.82. The highest BCUT2D eigenvalue weighted by Gasteiger charge is 2.11. The lowest BCUT2D eigenvalue weighted by Crippen LogP contribution is -2.20. The molecular formula is C19H20N2O7S. The highest BCUT2D eigenvalue weighted by atomic mass is 32.2. The van der Waals surface area contributed by atoms with Gasteiger partial charge in [0.05, 0.1) is 19.1 Å². The first kappa shape index (κ1) is 21.9. The Kier molecular flexibility index (Phi) is 7.34. The van der Waals surface area contributed by atoms with Crippen LogP contribution in [0, 0.1) is 0 Å². The number of anilines is 1. The number of amides is 1. The summed E-state index contributed by atoms with van der Waals surface area (Å²) >= 11 is 0. The van der Waals surface area contributed by atoms with Crippen molar-refractivity contribution in [2.24, 2.45) is 5.14 Å². The molecule has 0 radical (unpaired) electrons. The minimum atomic E-state index is -3.90. The van der Waals surface area contributed by atoms with Crippen molar-refractivity contribution in [3.8, 4) is 11.5 Å². The van der Waals surface area contributed by atoms with E-state index in [1.165, 1.54) is 44.6 Å². The van der Waals surface area contributed by atoms with Gasteiger partial charge in [0.2, 0.25) is 10.0 Å². The SMILES string of the molecule is COc1ccc(OC)c(/C=C/C(=O)OCC(=O)Nc2cccc(S(N)(=O)=O)c2)c1. The van der Waals surface area contributed by atoms with Crippen LogP contribution in [0.15, 0.2) is 53.4 Å². The van der Waals surface area contributed by atoms with Gasteiger partial charge >= 0.3 is 5.97 Å². The third-order valence-corrected chi connectivity index (χ3v) is 4.54. The van der Waals surface area contributed by atoms with Crippen LogP contribution in [0.5, 0.6) is 11.5 Å². The molecule has 2 rings (SSSR count). The molecule has 0 aromatic heterocycles. The van der Waals surface area contributed by atoms with Crippen LogP contribution >= 0.6 is 0 Å². The number of hydrogen-bond donors (Lipinski definition) is 2. The summed E-state index contributed by atoms with van der Waals surface area (Å²) in [5, 5.41) is 7.46. The summed E-state index contributed by atoms with van der Waals surface area (Å²) in [6.45, 7) is -0.558. The highest BCUT2D eigenvalue weighted by Crippen LogP contribution is 2.25. The van der Waals surface area contributed by atoms with Gasteiger partial charge in [0.1, 0.15) is 11.5 Å². The van der Waals surface area contributed by atoms with Crippen LogP contribution in [-0.2, 0) is 24.3 Å². The standard InChI is InChI=1S/C19H20N2O7S/c1-26-15-7-8-17(27-2)13(10-15)6-9-19(23)28-12-18(22)21-14-4-3-5-16(11-14)29(20,24)25/h3-11H,12H2,1-2H3,(H,21,22)(H2,20,24,25)/b9-6+. The Labute approximate surface area is 168 Å². The number of methoxy groups -OCH3 is 2. The summed E-state index contributed by atoms with van der Waals surface area (Å²) in [6, 6.07) is 10.5. The molecule has 0 aliphatic carbocycles. The summed E-state index contributed by atoms with van der Waals surface area (Å²) in [4.78, 5) is 23.6. The third-order valence-electron chi connectivity index (χ3n) is 3.63. The summed E-state index contributed by atoms with van der Waals surface area (Å²) in [6.07, 6.45) is 2.61. The lowest BCUT2D eigenvalue weighted by Gasteiger charge is -2.08. The van der Waals surface area contributed by atoms with Gasteiger partial charge < -0.3 is 19.5 Å². The number of carbonyl (C=O) groups is 2. The average Bonchev–Trinajstić information content (AvgIpc) is 2.70. The first-order valence-corrected chi connectivity index (χ1v) is 9.77. The van der Waals surface area contributed by atoms with Crippen molar-refractivity contribution in [3.63, 3.8) is 0 Å². The van der Waals surface area contributed by atoms with Gasteiger partial charge in [-0.25, -0.2) is 18.4 Å². The van der Waals surface area contributed by atoms with Crippen LogP contribution in [0.4, 0.5) is 5.69 Å². The summed E-state index contributed by atoms with van der Waals surface area (Å²) in [5.74, 6) is -0.275. The molecule has 154 valence electrons. The number of nitrogens with one attached hydrogen (secondary N) is 1. The molecule has 0 heterocycles. The zero-order valence-corrected chi connectivity index (χ0v) is 16.6. The van der Waals surface area contributed by atoms with Crippen molar-refractivity contribution in [1.82, 2.24) is 0 Å². The zero-order chi connectivity index (χ0) is 21.4. The Morgan fingerprint density at radius 3 is 2.52 bits per heavy atom. The first-order valence-electron chi connectivity index (χ1n) is 8.22. The van der Waals surface area contributed by atoms with Gasteiger partial charge in [0.15, 0.2) is 6.61 Å². The maximum atomic E-state index is 11.9. The highest BCUT2D eigenvalue weighted by molar-refractivity contribution is 7.89. The zero-order valence-electron chi connectivity index (χ0n) is 15.7. The van der Waals surface area contributed by atoms with E-state index in [1.807, 2.05) is 0 Å². The van der Waals surface area contributed by atoms with Crippen LogP contribution < -0.4 is 19.9 Å². The topological polar surface area (TPSA) is 134 Å². The Morgan fingerprint density at radius 1 is 1.10 bits per heavy atom. The molecule has 0 saturated heterocycles. The second-order valence-electron chi connectivity index (χ2n) is 5.67. The van der Waals surface area contributed by atoms with E-state index in [2.05, 4.69) is 5.32 Å². The number of rotatable bonds is 8. The monoisotopic (exact) mass is 420 g/mol. The van der Waals surface area contributed by atoms with Gasteiger partial charge in [0.25, 0.3) is 5.91 Å². The fourth-order valence-electron chi connectivity index (χ4n) is 2.26. The van der Waals surface area contributed by atoms with Gasteiger partial charge in [-0.2, -0.15) is 0 Å². The largest absolute Gasteiger partial charge is 0.497 e. The molecule has 0 spiro atoms. The van der Waals surface area contributed by atoms with E-state index in [4.69, 9.17) is 19.3 Å². The predicted molar refractivity (Wildman–Crippen MR) is 106 cm³/mol. The Morgan fingerprint density at radius 2 is 1.86 bits per heavy atom. The molecule has 2 aromatic rings. The molecule has 0 bridgehead atoms. The fraction of sp³-hybridized carbons (Fsp3) is 0.158. The van der Waals surface area contributed by atoms with Gasteiger partial charge in [-0.3, -0.25) is 4.79 Å². The van der Waals surface area contributed by atoms with Crippen molar-refractivity contribution in [2.45, 2.75) is 4.90 Å². The molecule has 0 unspecified atom stereocenters. The molecule has 9 nitrogen and oxygen atoms in total. The number of hydrogen-bond acceptors (Lipinski definition) is 7. The van der Waals surface area contributed by atoms with Crippen molar-refractivity contribution >= 4 is 33.7 Å². The van der Waals surface area contributed by atoms with E-state index >= 15 is 0 Å². The maximum Gasteiger partial charge on any atom is 0.331 e. The van der Waals surface area contributed by atoms with Gasteiger partial charge in [-0.05, 0) is 42.5 Å². The molecule has 3 N–H and O–H groups in total. The van der Waals surface area contributed by atoms with Crippen LogP contribution in [0.1, 0.15) is 5.56 Å². The lowest BCUT2D eigenvalue weighted by molar-refractivity contribution is -0.142. The molecule has 0 atom stereocenters. The number of nitrogens with two attached hydrogens (primary N) is 1. The molecule has 0 aliphatic heterocycles. The van der Waals surface area contributed by atoms with Crippen molar-refractivity contribution in [2.75, 3.05) is 26.1 Å². The second kappa shape index (κ2) is 9.71. The van der Waals surface area contributed by atoms with Crippen LogP contribution in [0.3, 0.4) is 0 Å². The number of primary sulfonamides is 1. The Hall–Kier alpha value is -3.37. The van der Waals surface area contributed by atoms with Gasteiger partial charge in [-0.15, -0.1) is 0 Å². The van der Waals surface area contributed by atoms with E-state index in [0.717, 1.165) is 6.08 Å². The maximum absolute atomic E-state index is 11.9. The van der Waals surface area contributed by atoms with Crippen molar-refractivity contribution in [1.29, 1.82) is 0 Å². The molecule has 1 amide bonds. The predicted octanol–water partition coefficient (Wildman–Crippen LogP) is 1.55. The molecule has 2 aromatic carbocycles. The summed E-state index contributed by atoms with van der Waals surface area (Å²) in [7, 11) is -0.889. The molecule has 0 aliphatic rings. The normalized spacial score (nSPS) is 11.1. The molecular weight excluding hydrogens is 400 g/mol. The van der Waals surface area contributed by atoms with E-state index < -0.39 is 28.5 Å². The van der Waals surface area contributed by atoms with E-state index in [-0.39, 0.29) is 10.6 Å². The van der Waals surface area contributed by atoms with E-state index in [1.54, 1.807) is 18.2 Å². The van der Waals surface area contributed by atoms with Gasteiger partial charge in [0, 0.05) is 17.3 Å². The minimum Gasteiger partial charge on any atom is -0.497 e. The molecule has 0 saturated carbocycles. The lowest BCUT2D eigenvalue weighted by atomic mass is 10.1. The first-order chi connectivity index (χ1) is 13.7. The molecule has 29 heavy (non-hydrogen) atoms. The van der Waals surface area contributed by atoms with Crippen LogP contribution in [0.2, 0.25) is 0 Å². The number of carbonyl (C=O) groups excluding carboxylic acids is 2. The number of sulfonamides is 1. The summed E-state index contributed by atoms with van der Waals surface area (Å²) < 4.78 is 37.9. The Balaban J connectivity index is 1.94. The van der Waals surface area contributed by atoms with Crippen molar-refractivity contribution in [3.05, 3.63) is 54.1 Å². The number of benzene rings is 2. The van der Waals surface area contributed by atoms with Crippen LogP contribution in [-0.4, -0.2) is 41.1 Å². The second-order valence-corrected chi connectivity index (χ2v) is 7.23. The molecule has 0 fully saturated rings. The van der Waals surface area contributed by atoms with Gasteiger partial charge in [-0.1, -0.05) is 6.07 Å². The van der Waals surface area contributed by atoms with E-state index in [9.17, 15) is 18.0 Å². The quantitative estimate of drug-likeness (QED) is 0.489. The average molecular weight is 420 g/mol. The third kappa shape index (κ3) is 6.63.